The van der Waals surface area contributed by atoms with Gasteiger partial charge in [0.05, 0.1) is 43.8 Å². The van der Waals surface area contributed by atoms with Crippen LogP contribution in [0.15, 0.2) is 42.6 Å². The molecule has 1 saturated heterocycles. The van der Waals surface area contributed by atoms with Crippen LogP contribution >= 0.6 is 0 Å². The van der Waals surface area contributed by atoms with Crippen molar-refractivity contribution in [1.82, 2.24) is 15.4 Å². The number of hydrogen-bond donors (Lipinski definition) is 2. The number of aromatic nitrogens is 1. The summed E-state index contributed by atoms with van der Waals surface area (Å²) in [6, 6.07) is 8.67. The van der Waals surface area contributed by atoms with E-state index in [-0.39, 0.29) is 30.6 Å². The molecule has 3 aromatic rings. The fourth-order valence-corrected chi connectivity index (χ4v) is 5.11. The lowest BCUT2D eigenvalue weighted by atomic mass is 9.81. The number of piperidine rings is 1. The molecule has 0 radical (unpaired) electrons. The number of hydrogen-bond acceptors (Lipinski definition) is 6. The van der Waals surface area contributed by atoms with Gasteiger partial charge in [0.2, 0.25) is 0 Å². The average molecular weight is 542 g/mol. The molecular formula is C29H30F3N3O4. The van der Waals surface area contributed by atoms with E-state index >= 15 is 0 Å². The second-order valence-corrected chi connectivity index (χ2v) is 9.51. The van der Waals surface area contributed by atoms with Gasteiger partial charge in [0, 0.05) is 24.2 Å². The number of hydroxylamine groups is 1. The van der Waals surface area contributed by atoms with Crippen molar-refractivity contribution in [3.05, 3.63) is 71.2 Å². The molecule has 2 N–H and O–H groups in total. The Labute approximate surface area is 224 Å². The first-order valence-corrected chi connectivity index (χ1v) is 12.6. The van der Waals surface area contributed by atoms with Crippen LogP contribution in [0.1, 0.15) is 36.4 Å². The van der Waals surface area contributed by atoms with Gasteiger partial charge in [0.15, 0.2) is 11.6 Å². The first-order chi connectivity index (χ1) is 18.8. The summed E-state index contributed by atoms with van der Waals surface area (Å²) in [4.78, 5) is 23.7. The highest BCUT2D eigenvalue weighted by atomic mass is 19.2. The number of likely N-dealkylation sites (tertiary alicyclic amines) is 1. The van der Waals surface area contributed by atoms with Gasteiger partial charge in [-0.15, -0.1) is 0 Å². The van der Waals surface area contributed by atoms with Crippen molar-refractivity contribution < 1.29 is 32.6 Å². The molecule has 2 heterocycles. The Hall–Kier alpha value is -3.65. The molecular weight excluding hydrogens is 511 g/mol. The summed E-state index contributed by atoms with van der Waals surface area (Å²) >= 11 is 0. The number of nitrogens with one attached hydrogen (secondary N) is 1. The van der Waals surface area contributed by atoms with Gasteiger partial charge >= 0.3 is 5.97 Å². The number of fused-ring (bicyclic) bond motifs is 1. The standard InChI is InChI=1S/C29H30F3N3O4/c1-38-21-6-8-26-23(16-21)22(9-11-33-26)27(34-39-2)7-5-18-10-13-35(17-24(18)29(36)37)12-3-4-19-14-20(30)15-25(31)28(19)32/h6,8-9,11,14-16,18,24,27,34H,5,7,10,12-13,17H2,1-2H3,(H,36,37)/t18-,24+,27?/m1/s1. The van der Waals surface area contributed by atoms with E-state index in [1.807, 2.05) is 29.2 Å². The second kappa shape index (κ2) is 12.9. The Balaban J connectivity index is 1.43. The smallest absolute Gasteiger partial charge is 0.308 e. The molecule has 39 heavy (non-hydrogen) atoms. The normalized spacial score (nSPS) is 18.4. The third-order valence-electron chi connectivity index (χ3n) is 7.12. The molecule has 1 fully saturated rings. The van der Waals surface area contributed by atoms with E-state index in [0.717, 1.165) is 22.5 Å². The highest BCUT2D eigenvalue weighted by molar-refractivity contribution is 5.84. The number of methoxy groups -OCH3 is 1. The van der Waals surface area contributed by atoms with Crippen LogP contribution in [0.2, 0.25) is 0 Å². The predicted octanol–water partition coefficient (Wildman–Crippen LogP) is 4.71. The van der Waals surface area contributed by atoms with Crippen molar-refractivity contribution in [2.24, 2.45) is 11.8 Å². The van der Waals surface area contributed by atoms with Crippen LogP contribution in [-0.2, 0) is 9.63 Å². The SMILES string of the molecule is CONC(CC[C@@H]1CCN(CC#Cc2cc(F)cc(F)c2F)C[C@@H]1C(=O)O)c1ccnc2ccc(OC)cc12. The van der Waals surface area contributed by atoms with Crippen LogP contribution in [0.25, 0.3) is 10.9 Å². The van der Waals surface area contributed by atoms with Crippen LogP contribution in [0.5, 0.6) is 5.75 Å². The van der Waals surface area contributed by atoms with Crippen molar-refractivity contribution in [1.29, 1.82) is 0 Å². The van der Waals surface area contributed by atoms with Crippen molar-refractivity contribution in [2.45, 2.75) is 25.3 Å². The molecule has 206 valence electrons. The topological polar surface area (TPSA) is 83.9 Å². The van der Waals surface area contributed by atoms with Crippen LogP contribution in [0, 0.1) is 41.1 Å². The minimum Gasteiger partial charge on any atom is -0.497 e. The summed E-state index contributed by atoms with van der Waals surface area (Å²) in [6.07, 6.45) is 3.63. The molecule has 0 amide bonds. The molecule has 4 rings (SSSR count). The van der Waals surface area contributed by atoms with E-state index in [1.54, 1.807) is 20.4 Å². The second-order valence-electron chi connectivity index (χ2n) is 9.51. The van der Waals surface area contributed by atoms with Gasteiger partial charge < -0.3 is 14.7 Å². The van der Waals surface area contributed by atoms with Crippen LogP contribution < -0.4 is 10.2 Å². The minimum absolute atomic E-state index is 0.0785. The van der Waals surface area contributed by atoms with Crippen molar-refractivity contribution in [2.75, 3.05) is 33.9 Å². The van der Waals surface area contributed by atoms with Gasteiger partial charge in [-0.3, -0.25) is 14.7 Å². The van der Waals surface area contributed by atoms with E-state index in [2.05, 4.69) is 22.3 Å². The number of ether oxygens (including phenoxy) is 1. The average Bonchev–Trinajstić information content (AvgIpc) is 2.93. The Morgan fingerprint density at radius 2 is 2.05 bits per heavy atom. The van der Waals surface area contributed by atoms with Crippen LogP contribution in [0.3, 0.4) is 0 Å². The van der Waals surface area contributed by atoms with Gasteiger partial charge in [0.1, 0.15) is 11.6 Å². The lowest BCUT2D eigenvalue weighted by Crippen LogP contribution is -2.44. The van der Waals surface area contributed by atoms with Crippen molar-refractivity contribution in [3.63, 3.8) is 0 Å². The molecule has 1 aromatic heterocycles. The lowest BCUT2D eigenvalue weighted by Gasteiger charge is -2.36. The summed E-state index contributed by atoms with van der Waals surface area (Å²) < 4.78 is 46.1. The molecule has 1 aliphatic heterocycles. The van der Waals surface area contributed by atoms with E-state index in [0.29, 0.717) is 37.6 Å². The predicted molar refractivity (Wildman–Crippen MR) is 139 cm³/mol. The summed E-state index contributed by atoms with van der Waals surface area (Å²) in [5.74, 6) is 0.879. The molecule has 10 heteroatoms. The molecule has 1 aliphatic rings. The zero-order valence-electron chi connectivity index (χ0n) is 21.7. The summed E-state index contributed by atoms with van der Waals surface area (Å²) in [7, 11) is 3.15. The van der Waals surface area contributed by atoms with Gasteiger partial charge in [-0.2, -0.15) is 5.48 Å². The van der Waals surface area contributed by atoms with E-state index in [1.165, 1.54) is 0 Å². The molecule has 0 aliphatic carbocycles. The van der Waals surface area contributed by atoms with Crippen LogP contribution in [-0.4, -0.2) is 54.8 Å². The number of nitrogens with zero attached hydrogens (tertiary/aromatic N) is 2. The van der Waals surface area contributed by atoms with Crippen LogP contribution in [0.4, 0.5) is 13.2 Å². The first-order valence-electron chi connectivity index (χ1n) is 12.6. The Morgan fingerprint density at radius 1 is 1.23 bits per heavy atom. The van der Waals surface area contributed by atoms with E-state index < -0.39 is 29.3 Å². The maximum absolute atomic E-state index is 13.9. The molecule has 2 aromatic carbocycles. The van der Waals surface area contributed by atoms with Crippen molar-refractivity contribution in [3.8, 4) is 17.6 Å². The van der Waals surface area contributed by atoms with E-state index in [4.69, 9.17) is 9.57 Å². The molecule has 3 atom stereocenters. The van der Waals surface area contributed by atoms with Gasteiger partial charge in [-0.25, -0.2) is 13.2 Å². The van der Waals surface area contributed by atoms with E-state index in [9.17, 15) is 23.1 Å². The molecule has 0 spiro atoms. The highest BCUT2D eigenvalue weighted by Crippen LogP contribution is 2.34. The van der Waals surface area contributed by atoms with Gasteiger partial charge in [-0.05, 0) is 67.6 Å². The third kappa shape index (κ3) is 6.87. The lowest BCUT2D eigenvalue weighted by molar-refractivity contribution is -0.146. The van der Waals surface area contributed by atoms with Gasteiger partial charge in [-0.1, -0.05) is 11.8 Å². The Kier molecular flexibility index (Phi) is 9.41. The fourth-order valence-electron chi connectivity index (χ4n) is 5.11. The van der Waals surface area contributed by atoms with Gasteiger partial charge in [0.25, 0.3) is 0 Å². The fraction of sp³-hybridized carbons (Fsp3) is 0.379. The number of aliphatic carboxylic acids is 1. The molecule has 1 unspecified atom stereocenters. The Morgan fingerprint density at radius 3 is 2.79 bits per heavy atom. The zero-order valence-corrected chi connectivity index (χ0v) is 21.7. The summed E-state index contributed by atoms with van der Waals surface area (Å²) in [5, 5.41) is 10.9. The number of benzene rings is 2. The monoisotopic (exact) mass is 541 g/mol. The minimum atomic E-state index is -1.30. The van der Waals surface area contributed by atoms with Crippen molar-refractivity contribution >= 4 is 16.9 Å². The Bertz CT molecular complexity index is 1390. The maximum Gasteiger partial charge on any atom is 0.308 e. The quantitative estimate of drug-likeness (QED) is 0.231. The molecule has 7 nitrogen and oxygen atoms in total. The molecule has 0 saturated carbocycles. The first kappa shape index (κ1) is 28.4. The highest BCUT2D eigenvalue weighted by Gasteiger charge is 2.34. The summed E-state index contributed by atoms with van der Waals surface area (Å²) in [6.45, 7) is 1.03. The summed E-state index contributed by atoms with van der Waals surface area (Å²) in [5.41, 5.74) is 4.47. The zero-order chi connectivity index (χ0) is 27.9. The third-order valence-corrected chi connectivity index (χ3v) is 7.12. The number of halogens is 3. The number of pyridine rings is 1. The number of carboxylic acid groups (broad SMARTS) is 1. The number of carboxylic acids is 1. The number of rotatable bonds is 9. The number of carbonyl (C=O) groups is 1. The largest absolute Gasteiger partial charge is 0.497 e. The molecule has 0 bridgehead atoms. The maximum atomic E-state index is 13.9.